The first-order valence-electron chi connectivity index (χ1n) is 10.6. The number of aromatic nitrogens is 1. The number of benzene rings is 2. The monoisotopic (exact) mass is 407 g/mol. The van der Waals surface area contributed by atoms with E-state index in [1.807, 2.05) is 74.3 Å². The maximum absolute atomic E-state index is 13.0. The number of carbonyl (C=O) groups is 1. The van der Waals surface area contributed by atoms with Gasteiger partial charge in [-0.05, 0) is 69.5 Å². The van der Waals surface area contributed by atoms with Crippen LogP contribution in [0, 0.1) is 5.92 Å². The lowest BCUT2D eigenvalue weighted by atomic mass is 10.0. The highest BCUT2D eigenvalue weighted by Crippen LogP contribution is 2.32. The molecule has 1 aliphatic carbocycles. The van der Waals surface area contributed by atoms with Crippen LogP contribution in [0.5, 0.6) is 0 Å². The number of amides is 1. The molecule has 0 saturated heterocycles. The van der Waals surface area contributed by atoms with Crippen LogP contribution >= 0.6 is 0 Å². The molecule has 2 N–H and O–H groups in total. The Labute approximate surface area is 176 Å². The van der Waals surface area contributed by atoms with Gasteiger partial charge in [-0.25, -0.2) is 4.98 Å². The molecule has 6 heteroatoms. The van der Waals surface area contributed by atoms with Gasteiger partial charge in [-0.2, -0.15) is 0 Å². The maximum atomic E-state index is 13.0. The van der Waals surface area contributed by atoms with E-state index in [4.69, 9.17) is 4.42 Å². The number of nitrogens with zero attached hydrogens (tertiary/aromatic N) is 2. The summed E-state index contributed by atoms with van der Waals surface area (Å²) in [6.45, 7) is 4.05. The van der Waals surface area contributed by atoms with Gasteiger partial charge in [-0.1, -0.05) is 12.1 Å². The summed E-state index contributed by atoms with van der Waals surface area (Å²) < 4.78 is 5.81. The van der Waals surface area contributed by atoms with Gasteiger partial charge in [0.05, 0.1) is 0 Å². The fourth-order valence-electron chi connectivity index (χ4n) is 4.23. The number of hydrogen-bond donors (Lipinski definition) is 2. The maximum Gasteiger partial charge on any atom is 0.253 e. The SMILES string of the molecule is CC(C)NC(O)C1CCC(N(C)C(=O)c2ccc(-c3nc4ccccc4o3)cc2)C1. The Morgan fingerprint density at radius 1 is 1.17 bits per heavy atom. The Morgan fingerprint density at radius 2 is 1.90 bits per heavy atom. The van der Waals surface area contributed by atoms with Crippen molar-refractivity contribution < 1.29 is 14.3 Å². The molecule has 1 saturated carbocycles. The molecule has 1 aromatic heterocycles. The van der Waals surface area contributed by atoms with Crippen LogP contribution in [0.1, 0.15) is 43.5 Å². The van der Waals surface area contributed by atoms with Crippen LogP contribution in [0.25, 0.3) is 22.6 Å². The van der Waals surface area contributed by atoms with Gasteiger partial charge < -0.3 is 14.4 Å². The molecule has 6 nitrogen and oxygen atoms in total. The Balaban J connectivity index is 1.42. The molecule has 1 heterocycles. The molecule has 0 aliphatic heterocycles. The molecule has 2 aromatic carbocycles. The van der Waals surface area contributed by atoms with Crippen LogP contribution in [0.4, 0.5) is 0 Å². The summed E-state index contributed by atoms with van der Waals surface area (Å²) in [5, 5.41) is 13.5. The third-order valence-electron chi connectivity index (χ3n) is 5.94. The van der Waals surface area contributed by atoms with Gasteiger partial charge in [0.25, 0.3) is 5.91 Å². The zero-order chi connectivity index (χ0) is 21.3. The van der Waals surface area contributed by atoms with Gasteiger partial charge in [0.15, 0.2) is 5.58 Å². The molecule has 158 valence electrons. The number of carbonyl (C=O) groups excluding carboxylic acids is 1. The summed E-state index contributed by atoms with van der Waals surface area (Å²) in [6.07, 6.45) is 2.11. The van der Waals surface area contributed by atoms with Crippen LogP contribution in [-0.2, 0) is 0 Å². The second-order valence-electron chi connectivity index (χ2n) is 8.47. The Kier molecular flexibility index (Phi) is 5.88. The molecule has 30 heavy (non-hydrogen) atoms. The van der Waals surface area contributed by atoms with Crippen molar-refractivity contribution in [3.63, 3.8) is 0 Å². The topological polar surface area (TPSA) is 78.6 Å². The van der Waals surface area contributed by atoms with Crippen LogP contribution in [0.2, 0.25) is 0 Å². The molecular formula is C24H29N3O3. The number of fused-ring (bicyclic) bond motifs is 1. The quantitative estimate of drug-likeness (QED) is 0.603. The predicted molar refractivity (Wildman–Crippen MR) is 117 cm³/mol. The van der Waals surface area contributed by atoms with E-state index in [-0.39, 0.29) is 23.9 Å². The van der Waals surface area contributed by atoms with Gasteiger partial charge in [0.1, 0.15) is 11.7 Å². The second kappa shape index (κ2) is 8.58. The van der Waals surface area contributed by atoms with E-state index >= 15 is 0 Å². The van der Waals surface area contributed by atoms with Crippen molar-refractivity contribution in [2.75, 3.05) is 7.05 Å². The fourth-order valence-corrected chi connectivity index (χ4v) is 4.23. The van der Waals surface area contributed by atoms with E-state index in [9.17, 15) is 9.90 Å². The molecule has 0 spiro atoms. The molecule has 4 rings (SSSR count). The van der Waals surface area contributed by atoms with E-state index in [0.717, 1.165) is 35.9 Å². The predicted octanol–water partition coefficient (Wildman–Crippen LogP) is 4.05. The van der Waals surface area contributed by atoms with Crippen molar-refractivity contribution in [1.82, 2.24) is 15.2 Å². The third kappa shape index (κ3) is 4.25. The molecule has 1 amide bonds. The number of rotatable bonds is 6. The standard InChI is InChI=1S/C24H29N3O3/c1-15(2)25-22(28)18-12-13-19(14-18)27(3)24(29)17-10-8-16(9-11-17)23-26-20-6-4-5-7-21(20)30-23/h4-11,15,18-19,22,25,28H,12-14H2,1-3H3. The highest BCUT2D eigenvalue weighted by molar-refractivity contribution is 5.94. The average molecular weight is 408 g/mol. The molecule has 3 atom stereocenters. The van der Waals surface area contributed by atoms with Gasteiger partial charge >= 0.3 is 0 Å². The molecule has 0 bridgehead atoms. The number of oxazole rings is 1. The minimum Gasteiger partial charge on any atom is -0.436 e. The highest BCUT2D eigenvalue weighted by atomic mass is 16.3. The summed E-state index contributed by atoms with van der Waals surface area (Å²) in [7, 11) is 1.85. The second-order valence-corrected chi connectivity index (χ2v) is 8.47. The van der Waals surface area contributed by atoms with Gasteiger partial charge in [-0.15, -0.1) is 0 Å². The number of nitrogens with one attached hydrogen (secondary N) is 1. The Bertz CT molecular complexity index is 979. The molecule has 3 aromatic rings. The molecule has 1 aliphatic rings. The van der Waals surface area contributed by atoms with E-state index in [1.165, 1.54) is 0 Å². The fraction of sp³-hybridized carbons (Fsp3) is 0.417. The van der Waals surface area contributed by atoms with E-state index in [2.05, 4.69) is 10.3 Å². The van der Waals surface area contributed by atoms with Crippen molar-refractivity contribution in [1.29, 1.82) is 0 Å². The van der Waals surface area contributed by atoms with Gasteiger partial charge in [-0.3, -0.25) is 10.1 Å². The summed E-state index contributed by atoms with van der Waals surface area (Å²) in [4.78, 5) is 19.3. The molecule has 0 radical (unpaired) electrons. The lowest BCUT2D eigenvalue weighted by Gasteiger charge is -2.26. The van der Waals surface area contributed by atoms with E-state index in [1.54, 1.807) is 0 Å². The Morgan fingerprint density at radius 3 is 2.60 bits per heavy atom. The summed E-state index contributed by atoms with van der Waals surface area (Å²) in [6, 6.07) is 15.4. The molecule has 3 unspecified atom stereocenters. The molecule has 1 fully saturated rings. The minimum absolute atomic E-state index is 0.00364. The minimum atomic E-state index is -0.519. The van der Waals surface area contributed by atoms with Crippen LogP contribution < -0.4 is 5.32 Å². The van der Waals surface area contributed by atoms with Crippen LogP contribution in [0.15, 0.2) is 52.9 Å². The van der Waals surface area contributed by atoms with Gasteiger partial charge in [0.2, 0.25) is 5.89 Å². The van der Waals surface area contributed by atoms with Gasteiger partial charge in [0, 0.05) is 36.2 Å². The van der Waals surface area contributed by atoms with E-state index < -0.39 is 6.23 Å². The van der Waals surface area contributed by atoms with Crippen molar-refractivity contribution >= 4 is 17.0 Å². The molecular weight excluding hydrogens is 378 g/mol. The first-order chi connectivity index (χ1) is 14.4. The first-order valence-corrected chi connectivity index (χ1v) is 10.6. The normalized spacial score (nSPS) is 20.0. The average Bonchev–Trinajstić information content (AvgIpc) is 3.39. The van der Waals surface area contributed by atoms with Crippen molar-refractivity contribution in [3.05, 3.63) is 54.1 Å². The number of aliphatic hydroxyl groups is 1. The van der Waals surface area contributed by atoms with Crippen molar-refractivity contribution in [2.45, 2.75) is 51.4 Å². The first kappa shape index (κ1) is 20.6. The highest BCUT2D eigenvalue weighted by Gasteiger charge is 2.34. The summed E-state index contributed by atoms with van der Waals surface area (Å²) in [5.74, 6) is 0.721. The lowest BCUT2D eigenvalue weighted by Crippen LogP contribution is -2.41. The zero-order valence-corrected chi connectivity index (χ0v) is 17.7. The summed E-state index contributed by atoms with van der Waals surface area (Å²) in [5.41, 5.74) is 3.05. The number of hydrogen-bond acceptors (Lipinski definition) is 5. The van der Waals surface area contributed by atoms with Crippen LogP contribution in [0.3, 0.4) is 0 Å². The van der Waals surface area contributed by atoms with Crippen molar-refractivity contribution in [2.24, 2.45) is 5.92 Å². The largest absolute Gasteiger partial charge is 0.436 e. The van der Waals surface area contributed by atoms with E-state index in [0.29, 0.717) is 11.5 Å². The summed E-state index contributed by atoms with van der Waals surface area (Å²) >= 11 is 0. The van der Waals surface area contributed by atoms with Crippen LogP contribution in [-0.4, -0.2) is 46.3 Å². The smallest absolute Gasteiger partial charge is 0.253 e. The number of para-hydroxylation sites is 2. The third-order valence-corrected chi connectivity index (χ3v) is 5.94. The lowest BCUT2D eigenvalue weighted by molar-refractivity contribution is 0.0600. The number of aliphatic hydroxyl groups excluding tert-OH is 1. The zero-order valence-electron chi connectivity index (χ0n) is 17.7. The van der Waals surface area contributed by atoms with Crippen molar-refractivity contribution in [3.8, 4) is 11.5 Å². The Hall–Kier alpha value is -2.70.